The molecule has 0 aromatic heterocycles. The third kappa shape index (κ3) is 3.25. The van der Waals surface area contributed by atoms with Gasteiger partial charge in [-0.05, 0) is 53.4 Å². The van der Waals surface area contributed by atoms with Crippen LogP contribution in [0.1, 0.15) is 53.4 Å². The van der Waals surface area contributed by atoms with Crippen LogP contribution in [0.15, 0.2) is 0 Å². The van der Waals surface area contributed by atoms with Crippen molar-refractivity contribution in [3.63, 3.8) is 0 Å². The summed E-state index contributed by atoms with van der Waals surface area (Å²) < 4.78 is 5.41. The van der Waals surface area contributed by atoms with Gasteiger partial charge in [-0.3, -0.25) is 9.69 Å². The fraction of sp³-hybridized carbons (Fsp3) is 0.867. The first-order valence-electron chi connectivity index (χ1n) is 7.60. The molecule has 2 aliphatic rings. The molecular weight excluding hydrogens is 256 g/mol. The molecule has 0 spiro atoms. The quantitative estimate of drug-likeness (QED) is 0.742. The molecule has 0 aromatic rings. The molecular formula is C15H26N2O3. The summed E-state index contributed by atoms with van der Waals surface area (Å²) in [6, 6.07) is -0.0333. The zero-order valence-corrected chi connectivity index (χ0v) is 13.0. The number of rotatable bonds is 1. The van der Waals surface area contributed by atoms with Gasteiger partial charge in [0.05, 0.1) is 0 Å². The van der Waals surface area contributed by atoms with Crippen LogP contribution in [0, 0.1) is 0 Å². The van der Waals surface area contributed by atoms with Crippen LogP contribution in [0.2, 0.25) is 0 Å². The second-order valence-corrected chi connectivity index (χ2v) is 6.85. The third-order valence-electron chi connectivity index (χ3n) is 4.00. The molecule has 2 aliphatic heterocycles. The molecule has 2 rings (SSSR count). The molecule has 0 aliphatic carbocycles. The number of hydrogen-bond acceptors (Lipinski definition) is 3. The Morgan fingerprint density at radius 2 is 1.65 bits per heavy atom. The van der Waals surface area contributed by atoms with E-state index in [1.54, 1.807) is 4.90 Å². The highest BCUT2D eigenvalue weighted by Gasteiger charge is 2.40. The first kappa shape index (κ1) is 15.1. The lowest BCUT2D eigenvalue weighted by Gasteiger charge is -2.31. The standard InChI is InChI=1S/C15H26N2O3/c1-11-7-5-9-16(11)13(18)12-8-6-10-17(12)14(19)20-15(2,3)4/h11-12H,5-10H2,1-4H3/t11-,12?/m1/s1. The summed E-state index contributed by atoms with van der Waals surface area (Å²) >= 11 is 0. The van der Waals surface area contributed by atoms with Gasteiger partial charge in [0.1, 0.15) is 11.6 Å². The van der Waals surface area contributed by atoms with Crippen LogP contribution in [-0.4, -0.2) is 52.6 Å². The van der Waals surface area contributed by atoms with E-state index in [0.717, 1.165) is 32.2 Å². The van der Waals surface area contributed by atoms with Gasteiger partial charge in [0.15, 0.2) is 0 Å². The average molecular weight is 282 g/mol. The van der Waals surface area contributed by atoms with Crippen LogP contribution in [0.25, 0.3) is 0 Å². The number of hydrogen-bond donors (Lipinski definition) is 0. The van der Waals surface area contributed by atoms with E-state index in [4.69, 9.17) is 4.74 Å². The first-order chi connectivity index (χ1) is 9.29. The van der Waals surface area contributed by atoms with Gasteiger partial charge in [-0.25, -0.2) is 4.79 Å². The van der Waals surface area contributed by atoms with Gasteiger partial charge in [0, 0.05) is 19.1 Å². The normalized spacial score (nSPS) is 27.0. The number of carbonyl (C=O) groups excluding carboxylic acids is 2. The number of nitrogens with zero attached hydrogens (tertiary/aromatic N) is 2. The molecule has 1 unspecified atom stereocenters. The summed E-state index contributed by atoms with van der Waals surface area (Å²) in [6.07, 6.45) is 3.39. The van der Waals surface area contributed by atoms with Crippen molar-refractivity contribution in [1.82, 2.24) is 9.80 Å². The molecule has 0 bridgehead atoms. The van der Waals surface area contributed by atoms with E-state index in [-0.39, 0.29) is 18.0 Å². The molecule has 2 amide bonds. The number of carbonyl (C=O) groups is 2. The molecule has 2 atom stereocenters. The van der Waals surface area contributed by atoms with Gasteiger partial charge in [-0.15, -0.1) is 0 Å². The monoisotopic (exact) mass is 282 g/mol. The van der Waals surface area contributed by atoms with Crippen LogP contribution in [0.5, 0.6) is 0 Å². The molecule has 5 nitrogen and oxygen atoms in total. The summed E-state index contributed by atoms with van der Waals surface area (Å²) in [7, 11) is 0. The van der Waals surface area contributed by atoms with Gasteiger partial charge in [-0.1, -0.05) is 0 Å². The van der Waals surface area contributed by atoms with Crippen molar-refractivity contribution >= 4 is 12.0 Å². The Balaban J connectivity index is 2.03. The van der Waals surface area contributed by atoms with E-state index in [2.05, 4.69) is 6.92 Å². The predicted octanol–water partition coefficient (Wildman–Crippen LogP) is 2.40. The summed E-state index contributed by atoms with van der Waals surface area (Å²) in [4.78, 5) is 28.4. The predicted molar refractivity (Wildman–Crippen MR) is 76.4 cm³/mol. The number of ether oxygens (including phenoxy) is 1. The molecule has 2 fully saturated rings. The van der Waals surface area contributed by atoms with Crippen LogP contribution in [0.4, 0.5) is 4.79 Å². The molecule has 0 N–H and O–H groups in total. The molecule has 5 heteroatoms. The zero-order valence-electron chi connectivity index (χ0n) is 13.0. The minimum Gasteiger partial charge on any atom is -0.444 e. The Labute approximate surface area is 121 Å². The smallest absolute Gasteiger partial charge is 0.410 e. The Morgan fingerprint density at radius 3 is 2.20 bits per heavy atom. The van der Waals surface area contributed by atoms with Crippen LogP contribution in [-0.2, 0) is 9.53 Å². The molecule has 0 radical (unpaired) electrons. The molecule has 114 valence electrons. The highest BCUT2D eigenvalue weighted by Crippen LogP contribution is 2.25. The van der Waals surface area contributed by atoms with E-state index in [9.17, 15) is 9.59 Å². The van der Waals surface area contributed by atoms with Gasteiger partial charge in [0.25, 0.3) is 0 Å². The lowest BCUT2D eigenvalue weighted by molar-refractivity contribution is -0.136. The van der Waals surface area contributed by atoms with Crippen molar-refractivity contribution in [2.24, 2.45) is 0 Å². The maximum atomic E-state index is 12.6. The van der Waals surface area contributed by atoms with Crippen LogP contribution >= 0.6 is 0 Å². The number of amides is 2. The van der Waals surface area contributed by atoms with Crippen molar-refractivity contribution in [3.8, 4) is 0 Å². The topological polar surface area (TPSA) is 49.9 Å². The molecule has 2 heterocycles. The molecule has 2 saturated heterocycles. The minimum absolute atomic E-state index is 0.0957. The van der Waals surface area contributed by atoms with E-state index in [0.29, 0.717) is 12.6 Å². The Morgan fingerprint density at radius 1 is 1.05 bits per heavy atom. The molecule has 0 saturated carbocycles. The van der Waals surface area contributed by atoms with Gasteiger partial charge < -0.3 is 9.64 Å². The summed E-state index contributed by atoms with van der Waals surface area (Å²) in [5, 5.41) is 0. The van der Waals surface area contributed by atoms with Gasteiger partial charge >= 0.3 is 6.09 Å². The summed E-state index contributed by atoms with van der Waals surface area (Å²) in [5.41, 5.74) is -0.520. The Kier molecular flexibility index (Phi) is 4.25. The van der Waals surface area contributed by atoms with Crippen molar-refractivity contribution in [2.75, 3.05) is 13.1 Å². The second kappa shape index (κ2) is 5.62. The highest BCUT2D eigenvalue weighted by atomic mass is 16.6. The molecule has 20 heavy (non-hydrogen) atoms. The maximum absolute atomic E-state index is 12.6. The van der Waals surface area contributed by atoms with Gasteiger partial charge in [-0.2, -0.15) is 0 Å². The molecule has 0 aromatic carbocycles. The second-order valence-electron chi connectivity index (χ2n) is 6.85. The lowest BCUT2D eigenvalue weighted by atomic mass is 10.1. The van der Waals surface area contributed by atoms with E-state index in [1.165, 1.54) is 0 Å². The third-order valence-corrected chi connectivity index (χ3v) is 4.00. The van der Waals surface area contributed by atoms with Crippen molar-refractivity contribution in [3.05, 3.63) is 0 Å². The highest BCUT2D eigenvalue weighted by molar-refractivity contribution is 5.86. The van der Waals surface area contributed by atoms with Crippen molar-refractivity contribution in [2.45, 2.75) is 71.1 Å². The van der Waals surface area contributed by atoms with E-state index < -0.39 is 5.60 Å². The minimum atomic E-state index is -0.520. The van der Waals surface area contributed by atoms with Crippen molar-refractivity contribution in [1.29, 1.82) is 0 Å². The fourth-order valence-electron chi connectivity index (χ4n) is 3.01. The van der Waals surface area contributed by atoms with Crippen LogP contribution < -0.4 is 0 Å². The SMILES string of the molecule is C[C@@H]1CCCN1C(=O)C1CCCN1C(=O)OC(C)(C)C. The van der Waals surface area contributed by atoms with E-state index in [1.807, 2.05) is 25.7 Å². The Hall–Kier alpha value is -1.26. The maximum Gasteiger partial charge on any atom is 0.410 e. The lowest BCUT2D eigenvalue weighted by Crippen LogP contribution is -2.49. The van der Waals surface area contributed by atoms with Crippen molar-refractivity contribution < 1.29 is 14.3 Å². The summed E-state index contributed by atoms with van der Waals surface area (Å²) in [6.45, 7) is 9.06. The summed E-state index contributed by atoms with van der Waals surface area (Å²) in [5.74, 6) is 0.0957. The average Bonchev–Trinajstić information content (AvgIpc) is 2.93. The largest absolute Gasteiger partial charge is 0.444 e. The fourth-order valence-corrected chi connectivity index (χ4v) is 3.01. The Bertz CT molecular complexity index is 389. The number of likely N-dealkylation sites (tertiary alicyclic amines) is 2. The first-order valence-corrected chi connectivity index (χ1v) is 7.60. The zero-order chi connectivity index (χ0) is 14.9. The van der Waals surface area contributed by atoms with E-state index >= 15 is 0 Å². The van der Waals surface area contributed by atoms with Gasteiger partial charge in [0.2, 0.25) is 5.91 Å². The van der Waals surface area contributed by atoms with Crippen LogP contribution in [0.3, 0.4) is 0 Å².